The lowest BCUT2D eigenvalue weighted by atomic mass is 10.3. The fourth-order valence-corrected chi connectivity index (χ4v) is 1.61. The summed E-state index contributed by atoms with van der Waals surface area (Å²) in [5.41, 5.74) is 0. The van der Waals surface area contributed by atoms with Gasteiger partial charge in [0.15, 0.2) is 0 Å². The van der Waals surface area contributed by atoms with Crippen LogP contribution in [0.5, 0.6) is 0 Å². The number of halogens is 1. The highest BCUT2D eigenvalue weighted by atomic mass is 127. The van der Waals surface area contributed by atoms with Crippen molar-refractivity contribution in [1.82, 2.24) is 15.1 Å². The van der Waals surface area contributed by atoms with E-state index in [1.54, 1.807) is 10.9 Å². The van der Waals surface area contributed by atoms with Gasteiger partial charge in [-0.2, -0.15) is 5.10 Å². The van der Waals surface area contributed by atoms with Crippen molar-refractivity contribution in [3.8, 4) is 0 Å². The maximum Gasteiger partial charge on any atom is 0.0860 e. The summed E-state index contributed by atoms with van der Waals surface area (Å²) in [6.07, 6.45) is 4.43. The quantitative estimate of drug-likeness (QED) is 0.605. The van der Waals surface area contributed by atoms with Crippen LogP contribution in [0.25, 0.3) is 0 Å². The third-order valence-corrected chi connectivity index (χ3v) is 2.36. The Labute approximate surface area is 97.8 Å². The van der Waals surface area contributed by atoms with Crippen molar-refractivity contribution in [2.75, 3.05) is 13.1 Å². The molecule has 0 saturated heterocycles. The highest BCUT2D eigenvalue weighted by molar-refractivity contribution is 14.1. The highest BCUT2D eigenvalue weighted by Crippen LogP contribution is 2.01. The van der Waals surface area contributed by atoms with Crippen LogP contribution in [-0.2, 0) is 6.54 Å². The minimum absolute atomic E-state index is 0.364. The number of aromatic nitrogens is 2. The minimum Gasteiger partial charge on any atom is -0.390 e. The fourth-order valence-electron chi connectivity index (χ4n) is 1.16. The van der Waals surface area contributed by atoms with Gasteiger partial charge in [-0.15, -0.1) is 0 Å². The topological polar surface area (TPSA) is 50.1 Å². The fraction of sp³-hybridized carbons (Fsp3) is 0.667. The molecule has 0 aliphatic rings. The second-order valence-corrected chi connectivity index (χ2v) is 4.48. The van der Waals surface area contributed by atoms with Crippen LogP contribution in [0.2, 0.25) is 0 Å². The summed E-state index contributed by atoms with van der Waals surface area (Å²) >= 11 is 2.20. The summed E-state index contributed by atoms with van der Waals surface area (Å²) in [4.78, 5) is 0. The molecule has 1 aromatic rings. The molecule has 0 aromatic carbocycles. The summed E-state index contributed by atoms with van der Waals surface area (Å²) < 4.78 is 2.86. The van der Waals surface area contributed by atoms with Crippen molar-refractivity contribution in [2.24, 2.45) is 0 Å². The first-order chi connectivity index (χ1) is 6.72. The number of hydrogen-bond acceptors (Lipinski definition) is 3. The van der Waals surface area contributed by atoms with Gasteiger partial charge in [0.05, 0.1) is 22.4 Å². The lowest BCUT2D eigenvalue weighted by Crippen LogP contribution is -2.30. The summed E-state index contributed by atoms with van der Waals surface area (Å²) in [5, 5.41) is 16.9. The van der Waals surface area contributed by atoms with Gasteiger partial charge in [0.1, 0.15) is 0 Å². The van der Waals surface area contributed by atoms with Gasteiger partial charge in [-0.1, -0.05) is 6.92 Å². The lowest BCUT2D eigenvalue weighted by Gasteiger charge is -2.11. The van der Waals surface area contributed by atoms with Gasteiger partial charge in [0, 0.05) is 12.7 Å². The van der Waals surface area contributed by atoms with E-state index in [9.17, 15) is 5.11 Å². The van der Waals surface area contributed by atoms with Crippen LogP contribution in [0.4, 0.5) is 0 Å². The number of aliphatic hydroxyl groups is 1. The van der Waals surface area contributed by atoms with Gasteiger partial charge in [0.2, 0.25) is 0 Å². The van der Waals surface area contributed by atoms with Crippen molar-refractivity contribution in [3.63, 3.8) is 0 Å². The summed E-state index contributed by atoms with van der Waals surface area (Å²) in [6, 6.07) is 0. The van der Waals surface area contributed by atoms with Crippen LogP contribution in [0, 0.1) is 3.57 Å². The molecule has 1 rings (SSSR count). The number of hydrogen-bond donors (Lipinski definition) is 2. The number of nitrogens with zero attached hydrogens (tertiary/aromatic N) is 2. The van der Waals surface area contributed by atoms with E-state index in [1.807, 2.05) is 6.20 Å². The van der Waals surface area contributed by atoms with Crippen LogP contribution in [-0.4, -0.2) is 34.1 Å². The zero-order chi connectivity index (χ0) is 10.4. The Balaban J connectivity index is 2.23. The van der Waals surface area contributed by atoms with Crippen molar-refractivity contribution in [3.05, 3.63) is 16.0 Å². The predicted molar refractivity (Wildman–Crippen MR) is 64.1 cm³/mol. The highest BCUT2D eigenvalue weighted by Gasteiger charge is 2.04. The van der Waals surface area contributed by atoms with Crippen LogP contribution >= 0.6 is 22.6 Å². The molecule has 0 aliphatic carbocycles. The molecule has 2 N–H and O–H groups in total. The Kier molecular flexibility index (Phi) is 5.42. The van der Waals surface area contributed by atoms with Gasteiger partial charge >= 0.3 is 0 Å². The second kappa shape index (κ2) is 6.36. The first-order valence-corrected chi connectivity index (χ1v) is 5.87. The lowest BCUT2D eigenvalue weighted by molar-refractivity contribution is 0.147. The molecule has 0 amide bonds. The average Bonchev–Trinajstić information content (AvgIpc) is 2.52. The summed E-state index contributed by atoms with van der Waals surface area (Å²) in [5.74, 6) is 0. The molecule has 0 fully saturated rings. The Bertz CT molecular complexity index is 264. The van der Waals surface area contributed by atoms with E-state index in [1.165, 1.54) is 0 Å². The largest absolute Gasteiger partial charge is 0.390 e. The first-order valence-electron chi connectivity index (χ1n) is 4.79. The zero-order valence-electron chi connectivity index (χ0n) is 8.28. The first kappa shape index (κ1) is 11.9. The van der Waals surface area contributed by atoms with Crippen LogP contribution in [0.1, 0.15) is 13.3 Å². The molecular formula is C9H16IN3O. The monoisotopic (exact) mass is 309 g/mol. The molecule has 1 aromatic heterocycles. The molecule has 80 valence electrons. The summed E-state index contributed by atoms with van der Waals surface area (Å²) in [7, 11) is 0. The third kappa shape index (κ3) is 4.39. The molecule has 4 nitrogen and oxygen atoms in total. The molecule has 14 heavy (non-hydrogen) atoms. The maximum atomic E-state index is 9.61. The Morgan fingerprint density at radius 2 is 2.50 bits per heavy atom. The van der Waals surface area contributed by atoms with E-state index >= 15 is 0 Å². The standard InChI is InChI=1S/C9H16IN3O/c1-2-3-11-5-9(14)7-13-6-8(10)4-12-13/h4,6,9,11,14H,2-3,5,7H2,1H3. The van der Waals surface area contributed by atoms with Crippen LogP contribution in [0.15, 0.2) is 12.4 Å². The number of nitrogens with one attached hydrogen (secondary N) is 1. The zero-order valence-corrected chi connectivity index (χ0v) is 10.4. The van der Waals surface area contributed by atoms with Crippen molar-refractivity contribution in [2.45, 2.75) is 26.0 Å². The normalized spacial score (nSPS) is 13.1. The van der Waals surface area contributed by atoms with Gasteiger partial charge in [-0.25, -0.2) is 0 Å². The van der Waals surface area contributed by atoms with Crippen molar-refractivity contribution in [1.29, 1.82) is 0 Å². The maximum absolute atomic E-state index is 9.61. The SMILES string of the molecule is CCCNCC(O)Cn1cc(I)cn1. The average molecular weight is 309 g/mol. The molecule has 0 bridgehead atoms. The molecule has 1 heterocycles. The van der Waals surface area contributed by atoms with E-state index in [4.69, 9.17) is 0 Å². The smallest absolute Gasteiger partial charge is 0.0860 e. The van der Waals surface area contributed by atoms with E-state index < -0.39 is 0 Å². The van der Waals surface area contributed by atoms with E-state index in [0.29, 0.717) is 13.1 Å². The van der Waals surface area contributed by atoms with Crippen LogP contribution in [0.3, 0.4) is 0 Å². The van der Waals surface area contributed by atoms with Gasteiger partial charge in [-0.05, 0) is 35.6 Å². The van der Waals surface area contributed by atoms with E-state index in [0.717, 1.165) is 16.5 Å². The number of rotatable bonds is 6. The molecule has 0 spiro atoms. The Morgan fingerprint density at radius 3 is 3.07 bits per heavy atom. The molecular weight excluding hydrogens is 293 g/mol. The van der Waals surface area contributed by atoms with Crippen molar-refractivity contribution >= 4 is 22.6 Å². The van der Waals surface area contributed by atoms with Crippen molar-refractivity contribution < 1.29 is 5.11 Å². The molecule has 5 heteroatoms. The van der Waals surface area contributed by atoms with Gasteiger partial charge in [0.25, 0.3) is 0 Å². The van der Waals surface area contributed by atoms with E-state index in [-0.39, 0.29) is 6.10 Å². The van der Waals surface area contributed by atoms with Crippen LogP contribution < -0.4 is 5.32 Å². The minimum atomic E-state index is -0.364. The molecule has 0 radical (unpaired) electrons. The second-order valence-electron chi connectivity index (χ2n) is 3.24. The molecule has 0 aliphatic heterocycles. The molecule has 0 saturated carbocycles. The molecule has 1 atom stereocenters. The Morgan fingerprint density at radius 1 is 1.71 bits per heavy atom. The van der Waals surface area contributed by atoms with Gasteiger partial charge in [-0.3, -0.25) is 4.68 Å². The Hall–Kier alpha value is -0.140. The summed E-state index contributed by atoms with van der Waals surface area (Å²) in [6.45, 7) is 4.24. The van der Waals surface area contributed by atoms with Gasteiger partial charge < -0.3 is 10.4 Å². The number of aliphatic hydroxyl groups excluding tert-OH is 1. The third-order valence-electron chi connectivity index (χ3n) is 1.81. The predicted octanol–water partition coefficient (Wildman–Crippen LogP) is 0.848. The molecule has 1 unspecified atom stereocenters. The van der Waals surface area contributed by atoms with E-state index in [2.05, 4.69) is 39.9 Å².